The van der Waals surface area contributed by atoms with Crippen LogP contribution < -0.4 is 55.4 Å². The van der Waals surface area contributed by atoms with Gasteiger partial charge in [0.15, 0.2) is 0 Å². The number of unbranched alkanes of at least 4 members (excludes halogenated alkanes) is 34. The van der Waals surface area contributed by atoms with Gasteiger partial charge in [-0.1, -0.05) is 233 Å². The Kier molecular flexibility index (Phi) is 54.4. The molecule has 0 saturated carbocycles. The summed E-state index contributed by atoms with van der Waals surface area (Å²) in [6, 6.07) is 17.4. The number of pyridine rings is 4. The van der Waals surface area contributed by atoms with E-state index in [1.807, 2.05) is 0 Å². The monoisotopic (exact) mass is 1260 g/mol. The molecule has 468 valence electrons. The summed E-state index contributed by atoms with van der Waals surface area (Å²) in [4.78, 5) is 19.0. The maximum absolute atomic E-state index is 4.74. The van der Waals surface area contributed by atoms with Crippen LogP contribution in [0.1, 0.15) is 285 Å². The summed E-state index contributed by atoms with van der Waals surface area (Å²) in [5.74, 6) is 0. The van der Waals surface area contributed by atoms with Crippen molar-refractivity contribution < 1.29 is 34.0 Å². The summed E-state index contributed by atoms with van der Waals surface area (Å²) in [5.41, 5.74) is 0. The van der Waals surface area contributed by atoms with E-state index in [4.69, 9.17) is 20.0 Å². The third-order valence-electron chi connectivity index (χ3n) is 15.9. The maximum atomic E-state index is 4.74. The highest BCUT2D eigenvalue weighted by Crippen LogP contribution is 2.13. The zero-order valence-corrected chi connectivity index (χ0v) is 56.7. The number of aromatic nitrogens is 4. The molecular weight excluding hydrogens is 1140 g/mol. The van der Waals surface area contributed by atoms with E-state index in [-0.39, 0.29) is 34.0 Å². The van der Waals surface area contributed by atoms with Gasteiger partial charge in [-0.05, 0) is 99.9 Å². The number of hydrogen-bond donors (Lipinski definition) is 0. The van der Waals surface area contributed by atoms with Gasteiger partial charge >= 0.3 is 0 Å². The topological polar surface area (TPSA) is 69.2 Å². The summed E-state index contributed by atoms with van der Waals surface area (Å²) in [6.07, 6.45) is 71.0. The molecule has 0 radical (unpaired) electrons. The van der Waals surface area contributed by atoms with E-state index in [1.54, 1.807) is 0 Å². The normalized spacial score (nSPS) is 10.9. The summed E-state index contributed by atoms with van der Waals surface area (Å²) in [7, 11) is 0. The number of rotatable bonds is 50. The highest BCUT2D eigenvalue weighted by Gasteiger charge is 1.99. The third-order valence-corrected chi connectivity index (χ3v) is 15.9. The zero-order chi connectivity index (χ0) is 56.7. The highest BCUT2D eigenvalue weighted by atomic mass is 79.9. The van der Waals surface area contributed by atoms with Crippen molar-refractivity contribution in [3.8, 4) is 0 Å². The SMILES string of the molecule is CCCCCCCCN=c1ccn(CCCCCCCCCCn2ccc(=NCCCCCCCC)cc2)cc1.CCCCCCCCN=c1ccn(CCCCCCCCCCn2ccc(=NCCCCCCCC)cc2)cc1.[Br-].[Br-]. The van der Waals surface area contributed by atoms with Gasteiger partial charge in [-0.25, -0.2) is 0 Å². The van der Waals surface area contributed by atoms with Crippen LogP contribution in [0.5, 0.6) is 0 Å². The second kappa shape index (κ2) is 58.2. The molecule has 0 aromatic carbocycles. The molecule has 0 N–H and O–H groups in total. The first-order valence-electron chi connectivity index (χ1n) is 34.3. The van der Waals surface area contributed by atoms with Crippen LogP contribution in [0.15, 0.2) is 118 Å². The van der Waals surface area contributed by atoms with Crippen molar-refractivity contribution in [3.05, 3.63) is 120 Å². The van der Waals surface area contributed by atoms with Crippen LogP contribution in [0.25, 0.3) is 0 Å². The lowest BCUT2D eigenvalue weighted by Crippen LogP contribution is -3.00. The molecule has 4 rings (SSSR count). The van der Waals surface area contributed by atoms with E-state index in [9.17, 15) is 0 Å². The van der Waals surface area contributed by atoms with Gasteiger partial charge in [-0.15, -0.1) is 0 Å². The molecule has 0 aliphatic heterocycles. The molecule has 0 saturated heterocycles. The van der Waals surface area contributed by atoms with Gasteiger partial charge in [-0.2, -0.15) is 0 Å². The zero-order valence-electron chi connectivity index (χ0n) is 53.5. The van der Waals surface area contributed by atoms with Crippen molar-refractivity contribution in [2.75, 3.05) is 26.2 Å². The lowest BCUT2D eigenvalue weighted by atomic mass is 10.1. The molecule has 0 amide bonds. The number of nitrogens with zero attached hydrogens (tertiary/aromatic N) is 8. The van der Waals surface area contributed by atoms with Crippen LogP contribution in [0.2, 0.25) is 0 Å². The van der Waals surface area contributed by atoms with E-state index in [0.29, 0.717) is 0 Å². The largest absolute Gasteiger partial charge is 1.00 e. The lowest BCUT2D eigenvalue weighted by Gasteiger charge is -2.07. The molecular formula is C72H124Br2N8-2. The lowest BCUT2D eigenvalue weighted by molar-refractivity contribution is -0.00100. The Hall–Kier alpha value is -3.24. The van der Waals surface area contributed by atoms with Crippen LogP contribution in [0, 0.1) is 0 Å². The van der Waals surface area contributed by atoms with Crippen molar-refractivity contribution in [2.45, 2.75) is 311 Å². The van der Waals surface area contributed by atoms with Gasteiger partial charge in [0.05, 0.1) is 21.4 Å². The molecule has 0 bridgehead atoms. The quantitative estimate of drug-likeness (QED) is 0.0396. The van der Waals surface area contributed by atoms with Crippen LogP contribution in [0.4, 0.5) is 0 Å². The molecule has 0 atom stereocenters. The fourth-order valence-electron chi connectivity index (χ4n) is 10.5. The smallest absolute Gasteiger partial charge is 0.0603 e. The summed E-state index contributed by atoms with van der Waals surface area (Å²) < 4.78 is 9.27. The second-order valence-electron chi connectivity index (χ2n) is 23.4. The number of hydrogen-bond acceptors (Lipinski definition) is 4. The van der Waals surface area contributed by atoms with Gasteiger partial charge in [0.1, 0.15) is 0 Å². The van der Waals surface area contributed by atoms with Crippen LogP contribution in [-0.4, -0.2) is 44.4 Å². The van der Waals surface area contributed by atoms with Crippen molar-refractivity contribution in [3.63, 3.8) is 0 Å². The van der Waals surface area contributed by atoms with E-state index >= 15 is 0 Å². The highest BCUT2D eigenvalue weighted by molar-refractivity contribution is 4.96. The van der Waals surface area contributed by atoms with E-state index in [2.05, 4.69) is 144 Å². The average molecular weight is 1260 g/mol. The van der Waals surface area contributed by atoms with E-state index in [0.717, 1.165) is 73.8 Å². The first-order chi connectivity index (χ1) is 39.6. The van der Waals surface area contributed by atoms with Crippen LogP contribution in [-0.2, 0) is 26.2 Å². The predicted octanol–water partition coefficient (Wildman–Crippen LogP) is 13.3. The Morgan fingerprint density at radius 2 is 0.354 bits per heavy atom. The standard InChI is InChI=1S/2C36H62N4.2BrH/c2*1-3-5-7-9-15-19-27-37-35-23-31-39(32-24-35)29-21-17-13-11-12-14-18-22-30-40-33-25-36(26-34-40)38-28-20-16-10-8-6-4-2;;/h2*23-26,31-34H,3-22,27-30H2,1-2H3;2*1H/p-2. The van der Waals surface area contributed by atoms with Crippen molar-refractivity contribution in [2.24, 2.45) is 20.0 Å². The Labute approximate surface area is 525 Å². The van der Waals surface area contributed by atoms with Crippen LogP contribution >= 0.6 is 0 Å². The van der Waals surface area contributed by atoms with Gasteiger partial charge in [0, 0.05) is 102 Å². The minimum absolute atomic E-state index is 0. The molecule has 0 unspecified atom stereocenters. The molecule has 0 aliphatic carbocycles. The molecule has 0 fully saturated rings. The molecule has 10 heteroatoms. The van der Waals surface area contributed by atoms with Crippen molar-refractivity contribution in [1.29, 1.82) is 0 Å². The first kappa shape index (κ1) is 76.8. The van der Waals surface area contributed by atoms with Gasteiger partial charge in [0.2, 0.25) is 0 Å². The van der Waals surface area contributed by atoms with Crippen molar-refractivity contribution in [1.82, 2.24) is 18.3 Å². The minimum Gasteiger partial charge on any atom is -1.00 e. The summed E-state index contributed by atoms with van der Waals surface area (Å²) in [6.45, 7) is 17.5. The summed E-state index contributed by atoms with van der Waals surface area (Å²) >= 11 is 0. The summed E-state index contributed by atoms with van der Waals surface area (Å²) in [5, 5.41) is 4.54. The Balaban J connectivity index is 0.000000800. The van der Waals surface area contributed by atoms with Gasteiger partial charge in [-0.3, -0.25) is 20.0 Å². The molecule has 4 aromatic heterocycles. The number of aryl methyl sites for hydroxylation is 4. The molecule has 0 aliphatic rings. The minimum atomic E-state index is 0. The van der Waals surface area contributed by atoms with E-state index < -0.39 is 0 Å². The fourth-order valence-corrected chi connectivity index (χ4v) is 10.5. The second-order valence-corrected chi connectivity index (χ2v) is 23.4. The molecule has 82 heavy (non-hydrogen) atoms. The Morgan fingerprint density at radius 1 is 0.207 bits per heavy atom. The van der Waals surface area contributed by atoms with E-state index in [1.165, 1.54) is 257 Å². The first-order valence-corrected chi connectivity index (χ1v) is 34.3. The molecule has 4 heterocycles. The van der Waals surface area contributed by atoms with Crippen LogP contribution in [0.3, 0.4) is 0 Å². The Morgan fingerprint density at radius 3 is 0.524 bits per heavy atom. The average Bonchev–Trinajstić information content (AvgIpc) is 3.49. The fraction of sp³-hybridized carbons (Fsp3) is 0.722. The molecule has 8 nitrogen and oxygen atoms in total. The predicted molar refractivity (Wildman–Crippen MR) is 347 cm³/mol. The molecule has 4 aromatic rings. The van der Waals surface area contributed by atoms with Gasteiger partial charge < -0.3 is 52.2 Å². The van der Waals surface area contributed by atoms with Gasteiger partial charge in [0.25, 0.3) is 0 Å². The maximum Gasteiger partial charge on any atom is 0.0603 e. The molecule has 0 spiro atoms. The van der Waals surface area contributed by atoms with Crippen molar-refractivity contribution >= 4 is 0 Å². The number of halogens is 2. The Bertz CT molecular complexity index is 1870. The third kappa shape index (κ3) is 45.2.